The lowest BCUT2D eigenvalue weighted by molar-refractivity contribution is -0.0447. The Bertz CT molecular complexity index is 417. The molecule has 1 aliphatic carbocycles. The van der Waals surface area contributed by atoms with Crippen molar-refractivity contribution in [2.45, 2.75) is 57.6 Å². The molecule has 0 saturated heterocycles. The first-order valence-corrected chi connectivity index (χ1v) is 7.35. The average molecular weight is 262 g/mol. The summed E-state index contributed by atoms with van der Waals surface area (Å²) in [6, 6.07) is 4.56. The van der Waals surface area contributed by atoms with Crippen LogP contribution in [-0.4, -0.2) is 30.3 Å². The Labute approximate surface area is 116 Å². The van der Waals surface area contributed by atoms with E-state index in [0.29, 0.717) is 12.0 Å². The average Bonchev–Trinajstić information content (AvgIpc) is 2.39. The van der Waals surface area contributed by atoms with Crippen LogP contribution in [0.3, 0.4) is 0 Å². The normalized spacial score (nSPS) is 20.9. The Hall–Kier alpha value is -0.930. The van der Waals surface area contributed by atoms with E-state index >= 15 is 0 Å². The molecule has 1 aliphatic rings. The summed E-state index contributed by atoms with van der Waals surface area (Å²) in [6.45, 7) is 7.15. The van der Waals surface area contributed by atoms with Gasteiger partial charge >= 0.3 is 0 Å². The van der Waals surface area contributed by atoms with E-state index in [-0.39, 0.29) is 5.60 Å². The molecule has 2 atom stereocenters. The SMILES string of the molecule is CCOC(C)(C)C(NC)C1CCCc2cccnc21. The van der Waals surface area contributed by atoms with Gasteiger partial charge in [0.1, 0.15) is 0 Å². The second-order valence-corrected chi connectivity index (χ2v) is 5.85. The minimum absolute atomic E-state index is 0.180. The largest absolute Gasteiger partial charge is 0.374 e. The van der Waals surface area contributed by atoms with E-state index in [2.05, 4.69) is 37.1 Å². The molecule has 2 rings (SSSR count). The Morgan fingerprint density at radius 3 is 3.00 bits per heavy atom. The van der Waals surface area contributed by atoms with E-state index in [1.807, 2.05) is 19.3 Å². The van der Waals surface area contributed by atoms with E-state index < -0.39 is 0 Å². The Balaban J connectivity index is 2.30. The quantitative estimate of drug-likeness (QED) is 0.886. The number of aryl methyl sites for hydroxylation is 1. The summed E-state index contributed by atoms with van der Waals surface area (Å²) in [5.74, 6) is 0.441. The van der Waals surface area contributed by atoms with Crippen molar-refractivity contribution in [3.8, 4) is 0 Å². The third-order valence-corrected chi connectivity index (χ3v) is 4.22. The van der Waals surface area contributed by atoms with Crippen LogP contribution in [0.2, 0.25) is 0 Å². The molecular weight excluding hydrogens is 236 g/mol. The van der Waals surface area contributed by atoms with Crippen molar-refractivity contribution in [3.05, 3.63) is 29.6 Å². The number of likely N-dealkylation sites (N-methyl/N-ethyl adjacent to an activating group) is 1. The van der Waals surface area contributed by atoms with E-state index in [4.69, 9.17) is 4.74 Å². The first kappa shape index (κ1) is 14.5. The van der Waals surface area contributed by atoms with Crippen LogP contribution in [0.5, 0.6) is 0 Å². The van der Waals surface area contributed by atoms with E-state index in [0.717, 1.165) is 13.0 Å². The summed E-state index contributed by atoms with van der Waals surface area (Å²) in [6.07, 6.45) is 5.50. The molecule has 0 bridgehead atoms. The number of rotatable bonds is 5. The van der Waals surface area contributed by atoms with Gasteiger partial charge in [0.25, 0.3) is 0 Å². The van der Waals surface area contributed by atoms with Gasteiger partial charge in [-0.25, -0.2) is 0 Å². The van der Waals surface area contributed by atoms with Crippen LogP contribution in [0.1, 0.15) is 50.8 Å². The maximum absolute atomic E-state index is 5.96. The molecule has 0 amide bonds. The van der Waals surface area contributed by atoms with Crippen molar-refractivity contribution in [1.29, 1.82) is 0 Å². The Kier molecular flexibility index (Phi) is 4.58. The highest BCUT2D eigenvalue weighted by atomic mass is 16.5. The molecule has 1 aromatic heterocycles. The molecule has 0 fully saturated rings. The molecule has 0 saturated carbocycles. The number of fused-ring (bicyclic) bond motifs is 1. The lowest BCUT2D eigenvalue weighted by atomic mass is 9.76. The van der Waals surface area contributed by atoms with Crippen molar-refractivity contribution in [3.63, 3.8) is 0 Å². The van der Waals surface area contributed by atoms with Gasteiger partial charge in [-0.2, -0.15) is 0 Å². The highest BCUT2D eigenvalue weighted by Crippen LogP contribution is 2.36. The van der Waals surface area contributed by atoms with Gasteiger partial charge < -0.3 is 10.1 Å². The predicted octanol–water partition coefficient (Wildman–Crippen LogP) is 2.90. The van der Waals surface area contributed by atoms with Crippen LogP contribution in [0.15, 0.2) is 18.3 Å². The second kappa shape index (κ2) is 6.02. The molecule has 1 N–H and O–H groups in total. The van der Waals surface area contributed by atoms with Crippen LogP contribution >= 0.6 is 0 Å². The van der Waals surface area contributed by atoms with Crippen LogP contribution in [-0.2, 0) is 11.2 Å². The van der Waals surface area contributed by atoms with Crippen molar-refractivity contribution in [2.24, 2.45) is 0 Å². The molecular formula is C16H26N2O. The number of nitrogens with zero attached hydrogens (tertiary/aromatic N) is 1. The minimum atomic E-state index is -0.180. The van der Waals surface area contributed by atoms with E-state index in [1.54, 1.807) is 0 Å². The topological polar surface area (TPSA) is 34.1 Å². The number of nitrogens with one attached hydrogen (secondary N) is 1. The van der Waals surface area contributed by atoms with Gasteiger partial charge in [-0.15, -0.1) is 0 Å². The van der Waals surface area contributed by atoms with Gasteiger partial charge in [0, 0.05) is 30.5 Å². The predicted molar refractivity (Wildman–Crippen MR) is 78.5 cm³/mol. The fourth-order valence-electron chi connectivity index (χ4n) is 3.46. The Morgan fingerprint density at radius 2 is 2.32 bits per heavy atom. The number of hydrogen-bond donors (Lipinski definition) is 1. The molecule has 19 heavy (non-hydrogen) atoms. The maximum Gasteiger partial charge on any atom is 0.0785 e. The van der Waals surface area contributed by atoms with Gasteiger partial charge in [-0.05, 0) is 58.7 Å². The molecule has 3 nitrogen and oxygen atoms in total. The fraction of sp³-hybridized carbons (Fsp3) is 0.688. The highest BCUT2D eigenvalue weighted by molar-refractivity contribution is 5.28. The zero-order valence-corrected chi connectivity index (χ0v) is 12.6. The summed E-state index contributed by atoms with van der Waals surface area (Å²) in [4.78, 5) is 4.65. The highest BCUT2D eigenvalue weighted by Gasteiger charge is 2.38. The number of pyridine rings is 1. The summed E-state index contributed by atoms with van der Waals surface area (Å²) >= 11 is 0. The molecule has 0 aliphatic heterocycles. The lowest BCUT2D eigenvalue weighted by Gasteiger charge is -2.41. The summed E-state index contributed by atoms with van der Waals surface area (Å²) in [5, 5.41) is 3.47. The first-order valence-electron chi connectivity index (χ1n) is 7.35. The summed E-state index contributed by atoms with van der Waals surface area (Å²) in [5.41, 5.74) is 2.49. The number of hydrogen-bond acceptors (Lipinski definition) is 3. The molecule has 0 radical (unpaired) electrons. The van der Waals surface area contributed by atoms with Gasteiger partial charge in [0.2, 0.25) is 0 Å². The van der Waals surface area contributed by atoms with E-state index in [9.17, 15) is 0 Å². The van der Waals surface area contributed by atoms with Crippen molar-refractivity contribution in [2.75, 3.05) is 13.7 Å². The molecule has 1 aromatic rings. The van der Waals surface area contributed by atoms with Gasteiger partial charge in [0.15, 0.2) is 0 Å². The number of ether oxygens (including phenoxy) is 1. The Morgan fingerprint density at radius 1 is 1.53 bits per heavy atom. The molecule has 106 valence electrons. The molecule has 2 unspecified atom stereocenters. The maximum atomic E-state index is 5.96. The van der Waals surface area contributed by atoms with Crippen LogP contribution in [0.4, 0.5) is 0 Å². The summed E-state index contributed by atoms with van der Waals surface area (Å²) < 4.78 is 5.96. The van der Waals surface area contributed by atoms with Crippen molar-refractivity contribution >= 4 is 0 Å². The van der Waals surface area contributed by atoms with Gasteiger partial charge in [0.05, 0.1) is 5.60 Å². The molecule has 3 heteroatoms. The zero-order valence-electron chi connectivity index (χ0n) is 12.6. The third kappa shape index (κ3) is 2.98. The van der Waals surface area contributed by atoms with E-state index in [1.165, 1.54) is 24.1 Å². The number of aromatic nitrogens is 1. The molecule has 0 spiro atoms. The lowest BCUT2D eigenvalue weighted by Crippen LogP contribution is -2.51. The standard InChI is InChI=1S/C16H26N2O/c1-5-19-16(2,3)15(17-4)13-10-6-8-12-9-7-11-18-14(12)13/h7,9,11,13,15,17H,5-6,8,10H2,1-4H3. The first-order chi connectivity index (χ1) is 9.10. The van der Waals surface area contributed by atoms with Gasteiger partial charge in [-0.1, -0.05) is 6.07 Å². The monoisotopic (exact) mass is 262 g/mol. The smallest absolute Gasteiger partial charge is 0.0785 e. The summed E-state index contributed by atoms with van der Waals surface area (Å²) in [7, 11) is 2.03. The van der Waals surface area contributed by atoms with Gasteiger partial charge in [-0.3, -0.25) is 4.98 Å². The van der Waals surface area contributed by atoms with Crippen LogP contribution in [0, 0.1) is 0 Å². The zero-order chi connectivity index (χ0) is 13.9. The van der Waals surface area contributed by atoms with Crippen LogP contribution in [0.25, 0.3) is 0 Å². The molecule has 0 aromatic carbocycles. The third-order valence-electron chi connectivity index (χ3n) is 4.22. The minimum Gasteiger partial charge on any atom is -0.374 e. The van der Waals surface area contributed by atoms with Crippen molar-refractivity contribution < 1.29 is 4.74 Å². The van der Waals surface area contributed by atoms with Crippen LogP contribution < -0.4 is 5.32 Å². The van der Waals surface area contributed by atoms with Crippen molar-refractivity contribution in [1.82, 2.24) is 10.3 Å². The second-order valence-electron chi connectivity index (χ2n) is 5.85. The fourth-order valence-corrected chi connectivity index (χ4v) is 3.46. The molecule has 1 heterocycles.